The lowest BCUT2D eigenvalue weighted by Gasteiger charge is -2.24. The number of nitrogens with zero attached hydrogens (tertiary/aromatic N) is 2. The summed E-state index contributed by atoms with van der Waals surface area (Å²) in [6.07, 6.45) is 3.86. The largest absolute Gasteiger partial charge is 0.484 e. The number of amides is 1. The Balaban J connectivity index is 1.66. The molecule has 158 valence electrons. The average molecular weight is 429 g/mol. The molecule has 1 aromatic heterocycles. The predicted molar refractivity (Wildman–Crippen MR) is 117 cm³/mol. The van der Waals surface area contributed by atoms with Crippen LogP contribution in [0.15, 0.2) is 66.9 Å². The Labute approximate surface area is 181 Å². The van der Waals surface area contributed by atoms with E-state index in [1.54, 1.807) is 30.3 Å². The molecule has 1 amide bonds. The molecule has 30 heavy (non-hydrogen) atoms. The lowest BCUT2D eigenvalue weighted by atomic mass is 10.2. The van der Waals surface area contributed by atoms with Crippen molar-refractivity contribution >= 4 is 17.5 Å². The highest BCUT2D eigenvalue weighted by atomic mass is 35.5. The molecule has 0 saturated heterocycles. The van der Waals surface area contributed by atoms with Gasteiger partial charge in [-0.3, -0.25) is 4.79 Å². The van der Waals surface area contributed by atoms with Gasteiger partial charge in [0.05, 0.1) is 6.54 Å². The van der Waals surface area contributed by atoms with E-state index in [0.29, 0.717) is 30.4 Å². The van der Waals surface area contributed by atoms with E-state index >= 15 is 0 Å². The first-order chi connectivity index (χ1) is 14.5. The van der Waals surface area contributed by atoms with Gasteiger partial charge in [-0.1, -0.05) is 37.1 Å². The van der Waals surface area contributed by atoms with Gasteiger partial charge >= 0.3 is 0 Å². The van der Waals surface area contributed by atoms with Crippen LogP contribution >= 0.6 is 11.6 Å². The summed E-state index contributed by atoms with van der Waals surface area (Å²) in [5.41, 5.74) is 1.88. The maximum Gasteiger partial charge on any atom is 0.260 e. The van der Waals surface area contributed by atoms with E-state index in [2.05, 4.69) is 6.92 Å². The minimum absolute atomic E-state index is 0.0318. The van der Waals surface area contributed by atoms with Crippen molar-refractivity contribution in [3.8, 4) is 5.75 Å². The van der Waals surface area contributed by atoms with Crippen molar-refractivity contribution in [2.75, 3.05) is 13.2 Å². The monoisotopic (exact) mass is 428 g/mol. The third-order valence-electron chi connectivity index (χ3n) is 4.83. The van der Waals surface area contributed by atoms with Crippen LogP contribution in [-0.4, -0.2) is 28.5 Å². The molecular weight excluding hydrogens is 403 g/mol. The average Bonchev–Trinajstić information content (AvgIpc) is 3.17. The second-order valence-corrected chi connectivity index (χ2v) is 7.61. The number of aromatic nitrogens is 1. The minimum atomic E-state index is -0.250. The fourth-order valence-electron chi connectivity index (χ4n) is 3.18. The standard InChI is InChI=1S/C24H26ClFN2O2/c1-2-3-13-28(24(29)18-30-23-11-9-20(25)10-12-23)17-22-8-5-14-27(22)16-19-6-4-7-21(26)15-19/h4-12,14-15H,2-3,13,16-18H2,1H3. The highest BCUT2D eigenvalue weighted by Crippen LogP contribution is 2.16. The second kappa shape index (κ2) is 10.8. The molecule has 0 fully saturated rings. The topological polar surface area (TPSA) is 34.5 Å². The van der Waals surface area contributed by atoms with E-state index in [1.165, 1.54) is 12.1 Å². The van der Waals surface area contributed by atoms with Gasteiger partial charge in [0.15, 0.2) is 6.61 Å². The van der Waals surface area contributed by atoms with Crippen LogP contribution in [0, 0.1) is 5.82 Å². The number of benzene rings is 2. The first kappa shape index (κ1) is 21.9. The van der Waals surface area contributed by atoms with E-state index in [9.17, 15) is 9.18 Å². The van der Waals surface area contributed by atoms with Crippen LogP contribution in [0.3, 0.4) is 0 Å². The van der Waals surface area contributed by atoms with E-state index in [-0.39, 0.29) is 18.3 Å². The van der Waals surface area contributed by atoms with Gasteiger partial charge in [-0.05, 0) is 60.5 Å². The zero-order valence-electron chi connectivity index (χ0n) is 17.1. The highest BCUT2D eigenvalue weighted by Gasteiger charge is 2.16. The summed E-state index contributed by atoms with van der Waals surface area (Å²) in [6, 6.07) is 17.5. The van der Waals surface area contributed by atoms with Gasteiger partial charge in [-0.2, -0.15) is 0 Å². The number of rotatable bonds is 10. The summed E-state index contributed by atoms with van der Waals surface area (Å²) in [6.45, 7) is 3.75. The summed E-state index contributed by atoms with van der Waals surface area (Å²) >= 11 is 5.89. The lowest BCUT2D eigenvalue weighted by Crippen LogP contribution is -2.36. The molecule has 3 rings (SSSR count). The molecule has 0 aliphatic rings. The Morgan fingerprint density at radius 1 is 1.13 bits per heavy atom. The Morgan fingerprint density at radius 3 is 2.67 bits per heavy atom. The number of carbonyl (C=O) groups is 1. The van der Waals surface area contributed by atoms with E-state index in [0.717, 1.165) is 24.1 Å². The summed E-state index contributed by atoms with van der Waals surface area (Å²) in [7, 11) is 0. The smallest absolute Gasteiger partial charge is 0.260 e. The van der Waals surface area contributed by atoms with Crippen molar-refractivity contribution in [1.29, 1.82) is 0 Å². The first-order valence-electron chi connectivity index (χ1n) is 10.1. The zero-order chi connectivity index (χ0) is 21.3. The third kappa shape index (κ3) is 6.36. The number of hydrogen-bond acceptors (Lipinski definition) is 2. The number of unbranched alkanes of at least 4 members (excludes halogenated alkanes) is 1. The van der Waals surface area contributed by atoms with E-state index in [1.807, 2.05) is 33.9 Å². The van der Waals surface area contributed by atoms with Gasteiger partial charge in [-0.15, -0.1) is 0 Å². The SMILES string of the molecule is CCCCN(Cc1cccn1Cc1cccc(F)c1)C(=O)COc1ccc(Cl)cc1. The Morgan fingerprint density at radius 2 is 1.93 bits per heavy atom. The van der Waals surface area contributed by atoms with Crippen molar-refractivity contribution in [2.24, 2.45) is 0 Å². The Bertz CT molecular complexity index is 956. The van der Waals surface area contributed by atoms with Crippen LogP contribution in [0.1, 0.15) is 31.0 Å². The summed E-state index contributed by atoms with van der Waals surface area (Å²) in [5, 5.41) is 0.623. The molecule has 2 aromatic carbocycles. The molecule has 0 aliphatic heterocycles. The molecular formula is C24H26ClFN2O2. The molecule has 0 radical (unpaired) electrons. The summed E-state index contributed by atoms with van der Waals surface area (Å²) in [5.74, 6) is 0.287. The lowest BCUT2D eigenvalue weighted by molar-refractivity contribution is -0.134. The number of hydrogen-bond donors (Lipinski definition) is 0. The molecule has 4 nitrogen and oxygen atoms in total. The fraction of sp³-hybridized carbons (Fsp3) is 0.292. The quantitative estimate of drug-likeness (QED) is 0.425. The van der Waals surface area contributed by atoms with Gasteiger partial charge in [0, 0.05) is 30.0 Å². The number of carbonyl (C=O) groups excluding carboxylic acids is 1. The van der Waals surface area contributed by atoms with Crippen LogP contribution in [0.25, 0.3) is 0 Å². The first-order valence-corrected chi connectivity index (χ1v) is 10.5. The minimum Gasteiger partial charge on any atom is -0.484 e. The van der Waals surface area contributed by atoms with Crippen LogP contribution in [0.2, 0.25) is 5.02 Å². The molecule has 1 heterocycles. The van der Waals surface area contributed by atoms with Gasteiger partial charge in [-0.25, -0.2) is 4.39 Å². The highest BCUT2D eigenvalue weighted by molar-refractivity contribution is 6.30. The molecule has 0 unspecified atom stereocenters. The van der Waals surface area contributed by atoms with Crippen molar-refractivity contribution in [3.05, 3.63) is 89.0 Å². The molecule has 3 aromatic rings. The maximum absolute atomic E-state index is 13.5. The second-order valence-electron chi connectivity index (χ2n) is 7.17. The number of halogens is 2. The van der Waals surface area contributed by atoms with Crippen LogP contribution in [0.5, 0.6) is 5.75 Å². The molecule has 0 bridgehead atoms. The van der Waals surface area contributed by atoms with Crippen molar-refractivity contribution in [2.45, 2.75) is 32.9 Å². The van der Waals surface area contributed by atoms with Gasteiger partial charge < -0.3 is 14.2 Å². The van der Waals surface area contributed by atoms with Crippen LogP contribution in [-0.2, 0) is 17.9 Å². The van der Waals surface area contributed by atoms with Crippen molar-refractivity contribution < 1.29 is 13.9 Å². The van der Waals surface area contributed by atoms with Gasteiger partial charge in [0.1, 0.15) is 11.6 Å². The van der Waals surface area contributed by atoms with Crippen LogP contribution in [0.4, 0.5) is 4.39 Å². The number of ether oxygens (including phenoxy) is 1. The maximum atomic E-state index is 13.5. The summed E-state index contributed by atoms with van der Waals surface area (Å²) in [4.78, 5) is 14.7. The summed E-state index contributed by atoms with van der Waals surface area (Å²) < 4.78 is 21.2. The third-order valence-corrected chi connectivity index (χ3v) is 5.08. The fourth-order valence-corrected chi connectivity index (χ4v) is 3.31. The Kier molecular flexibility index (Phi) is 7.91. The van der Waals surface area contributed by atoms with Crippen LogP contribution < -0.4 is 4.74 Å². The van der Waals surface area contributed by atoms with Gasteiger partial charge in [0.2, 0.25) is 0 Å². The van der Waals surface area contributed by atoms with E-state index in [4.69, 9.17) is 16.3 Å². The molecule has 6 heteroatoms. The molecule has 0 saturated carbocycles. The van der Waals surface area contributed by atoms with Gasteiger partial charge in [0.25, 0.3) is 5.91 Å². The van der Waals surface area contributed by atoms with Crippen molar-refractivity contribution in [1.82, 2.24) is 9.47 Å². The normalized spacial score (nSPS) is 10.8. The zero-order valence-corrected chi connectivity index (χ0v) is 17.8. The Hall–Kier alpha value is -2.79. The predicted octanol–water partition coefficient (Wildman–Crippen LogP) is 5.54. The molecule has 0 atom stereocenters. The molecule has 0 aliphatic carbocycles. The molecule has 0 spiro atoms. The van der Waals surface area contributed by atoms with Crippen molar-refractivity contribution in [3.63, 3.8) is 0 Å². The molecule has 0 N–H and O–H groups in total. The van der Waals surface area contributed by atoms with E-state index < -0.39 is 0 Å².